The summed E-state index contributed by atoms with van der Waals surface area (Å²) in [7, 11) is 0. The van der Waals surface area contributed by atoms with Crippen LogP contribution in [0.4, 0.5) is 0 Å². The summed E-state index contributed by atoms with van der Waals surface area (Å²) in [6.45, 7) is 18.8. The van der Waals surface area contributed by atoms with Crippen molar-refractivity contribution in [2.24, 2.45) is 0 Å². The summed E-state index contributed by atoms with van der Waals surface area (Å²) in [5.74, 6) is 0. The van der Waals surface area contributed by atoms with Crippen LogP contribution in [-0.2, 0) is 23.3 Å². The average molecular weight is 522 g/mol. The first kappa shape index (κ1) is 35.4. The van der Waals surface area contributed by atoms with E-state index in [0.717, 1.165) is 12.8 Å². The van der Waals surface area contributed by atoms with Gasteiger partial charge in [0.05, 0.1) is 0 Å². The third-order valence-corrected chi connectivity index (χ3v) is 4.23. The molecule has 0 atom stereocenters. The topological polar surface area (TPSA) is 0 Å². The molecule has 0 amide bonds. The third-order valence-electron chi connectivity index (χ3n) is 4.23. The Labute approximate surface area is 216 Å². The molecule has 0 aliphatic rings. The molecule has 0 aliphatic carbocycles. The molecule has 0 saturated heterocycles. The standard InChI is InChI=1S/2C10H9.2C4H9.2CH3.Si.Zr/c2*1-8-6-9-4-2-3-5-10(9)7-8;2*1-3-4-2;;;;/h2*2-7H,1H3;2*1,3-4H2,2H3;2*1H3;;/q6*-1;;. The van der Waals surface area contributed by atoms with Crippen LogP contribution in [0.1, 0.15) is 50.7 Å². The Hall–Kier alpha value is -1.24. The molecule has 4 aromatic rings. The van der Waals surface area contributed by atoms with Gasteiger partial charge in [0.1, 0.15) is 0 Å². The van der Waals surface area contributed by atoms with Crippen molar-refractivity contribution in [1.82, 2.24) is 0 Å². The molecule has 32 heavy (non-hydrogen) atoms. The molecule has 0 aliphatic heterocycles. The Morgan fingerprint density at radius 2 is 0.969 bits per heavy atom. The maximum atomic E-state index is 3.60. The minimum absolute atomic E-state index is 0. The maximum absolute atomic E-state index is 3.60. The van der Waals surface area contributed by atoms with Crippen LogP contribution < -0.4 is 0 Å². The molecule has 0 N–H and O–H groups in total. The van der Waals surface area contributed by atoms with Gasteiger partial charge in [-0.25, -0.2) is 0 Å². The number of benzene rings is 2. The van der Waals surface area contributed by atoms with E-state index in [9.17, 15) is 0 Å². The summed E-state index contributed by atoms with van der Waals surface area (Å²) in [4.78, 5) is 0. The van der Waals surface area contributed by atoms with Gasteiger partial charge >= 0.3 is 30.2 Å². The van der Waals surface area contributed by atoms with Gasteiger partial charge in [-0.2, -0.15) is 25.0 Å². The van der Waals surface area contributed by atoms with E-state index >= 15 is 0 Å². The Bertz CT molecular complexity index is 771. The molecule has 0 aromatic heterocycles. The van der Waals surface area contributed by atoms with E-state index in [1.54, 1.807) is 0 Å². The molecular weight excluding hydrogens is 480 g/mol. The van der Waals surface area contributed by atoms with Crippen LogP contribution in [0.15, 0.2) is 72.8 Å². The van der Waals surface area contributed by atoms with E-state index < -0.39 is 0 Å². The van der Waals surface area contributed by atoms with Crippen molar-refractivity contribution in [3.8, 4) is 0 Å². The fourth-order valence-corrected chi connectivity index (χ4v) is 2.61. The second kappa shape index (κ2) is 22.9. The number of aryl methyl sites for hydroxylation is 2. The minimum atomic E-state index is 0. The van der Waals surface area contributed by atoms with Crippen LogP contribution in [-0.4, -0.2) is 6.88 Å². The van der Waals surface area contributed by atoms with Crippen molar-refractivity contribution in [2.45, 2.75) is 53.4 Å². The summed E-state index contributed by atoms with van der Waals surface area (Å²) >= 11 is 1.36. The van der Waals surface area contributed by atoms with Crippen LogP contribution in [0, 0.1) is 42.5 Å². The quantitative estimate of drug-likeness (QED) is 0.182. The second-order valence-corrected chi connectivity index (χ2v) is 7.03. The van der Waals surface area contributed by atoms with Crippen molar-refractivity contribution in [3.63, 3.8) is 0 Å². The molecule has 4 aromatic carbocycles. The molecule has 0 saturated carbocycles. The zero-order valence-corrected chi connectivity index (χ0v) is 24.6. The zero-order chi connectivity index (χ0) is 22.8. The predicted octanol–water partition coefficient (Wildman–Crippen LogP) is 9.49. The van der Waals surface area contributed by atoms with Crippen molar-refractivity contribution in [1.29, 1.82) is 0 Å². The van der Waals surface area contributed by atoms with E-state index in [-0.39, 0.29) is 14.9 Å². The van der Waals surface area contributed by atoms with Gasteiger partial charge in [-0.15, -0.1) is 81.2 Å². The van der Waals surface area contributed by atoms with E-state index in [0.29, 0.717) is 0 Å². The first-order chi connectivity index (χ1) is 14.5. The zero-order valence-electron chi connectivity index (χ0n) is 21.2. The predicted molar refractivity (Wildman–Crippen MR) is 148 cm³/mol. The molecule has 0 spiro atoms. The van der Waals surface area contributed by atoms with E-state index in [4.69, 9.17) is 0 Å². The third kappa shape index (κ3) is 14.8. The van der Waals surface area contributed by atoms with Crippen LogP contribution in [0.2, 0.25) is 0 Å². The van der Waals surface area contributed by atoms with Crippen LogP contribution in [0.3, 0.4) is 0 Å². The summed E-state index contributed by atoms with van der Waals surface area (Å²) in [6.07, 6.45) is 4.56. The summed E-state index contributed by atoms with van der Waals surface area (Å²) < 4.78 is 0. The first-order valence-electron chi connectivity index (χ1n) is 10.6. The molecule has 2 radical (unpaired) electrons. The van der Waals surface area contributed by atoms with Gasteiger partial charge < -0.3 is 28.7 Å². The van der Waals surface area contributed by atoms with Crippen LogP contribution in [0.5, 0.6) is 0 Å². The number of hydrogen-bond donors (Lipinski definition) is 0. The Kier molecular flexibility index (Phi) is 25.3. The number of rotatable bonds is 2. The van der Waals surface area contributed by atoms with Crippen molar-refractivity contribution >= 4 is 28.4 Å². The van der Waals surface area contributed by atoms with Gasteiger partial charge in [-0.1, -0.05) is 52.7 Å². The normalized spacial score (nSPS) is 8.53. The van der Waals surface area contributed by atoms with Crippen molar-refractivity contribution in [3.05, 3.63) is 113 Å². The molecule has 2 heteroatoms. The van der Waals surface area contributed by atoms with Gasteiger partial charge in [0.2, 0.25) is 0 Å². The van der Waals surface area contributed by atoms with Gasteiger partial charge in [-0.3, -0.25) is 0 Å². The van der Waals surface area contributed by atoms with Crippen LogP contribution >= 0.6 is 0 Å². The monoisotopic (exact) mass is 520 g/mol. The first-order valence-corrected chi connectivity index (χ1v) is 14.8. The average Bonchev–Trinajstić information content (AvgIpc) is 3.36. The van der Waals surface area contributed by atoms with E-state index in [2.05, 4.69) is 121 Å². The number of unbranched alkanes of at least 4 members (excludes halogenated alkanes) is 2. The van der Waals surface area contributed by atoms with E-state index in [1.165, 1.54) is 68.8 Å². The molecule has 176 valence electrons. The van der Waals surface area contributed by atoms with Gasteiger partial charge in [-0.05, 0) is 0 Å². The number of fused-ring (bicyclic) bond motifs is 2. The van der Waals surface area contributed by atoms with Crippen molar-refractivity contribution in [2.75, 3.05) is 0 Å². The number of hydrogen-bond acceptors (Lipinski definition) is 0. The van der Waals surface area contributed by atoms with Gasteiger partial charge in [0.25, 0.3) is 0 Å². The van der Waals surface area contributed by atoms with Crippen LogP contribution in [0.25, 0.3) is 21.5 Å². The SMILES string of the molecule is Cc1cc2ccccc2[cH-]1.Cc1cc2ccccc2[cH-]1.[CH2-]CCC.[CH2-]CCC.[CH3-].[CH3-].[Si]=[Zr]. The molecular formula is C30H42SiZr-6. The Morgan fingerprint density at radius 1 is 0.688 bits per heavy atom. The molecule has 0 fully saturated rings. The molecule has 0 bridgehead atoms. The van der Waals surface area contributed by atoms with Crippen molar-refractivity contribution < 1.29 is 23.3 Å². The Morgan fingerprint density at radius 3 is 1.22 bits per heavy atom. The fraction of sp³-hybridized carbons (Fsp3) is 0.267. The molecule has 0 nitrogen and oxygen atoms in total. The molecule has 4 rings (SSSR count). The molecule has 0 unspecified atom stereocenters. The summed E-state index contributed by atoms with van der Waals surface area (Å²) in [5.41, 5.74) is 2.70. The molecule has 0 heterocycles. The summed E-state index contributed by atoms with van der Waals surface area (Å²) in [5, 5.41) is 5.39. The van der Waals surface area contributed by atoms with Gasteiger partial charge in [0.15, 0.2) is 0 Å². The van der Waals surface area contributed by atoms with E-state index in [1.807, 2.05) is 0 Å². The van der Waals surface area contributed by atoms with Gasteiger partial charge in [0, 0.05) is 0 Å². The Balaban J connectivity index is -0.000000362. The summed E-state index contributed by atoms with van der Waals surface area (Å²) in [6, 6.07) is 25.7. The second-order valence-electron chi connectivity index (χ2n) is 7.03. The fourth-order valence-electron chi connectivity index (χ4n) is 2.61.